The van der Waals surface area contributed by atoms with Crippen LogP contribution < -0.4 is 16.4 Å². The maximum absolute atomic E-state index is 12.9. The number of carbonyl (C=O) groups excluding carboxylic acids is 1. The van der Waals surface area contributed by atoms with Crippen LogP contribution in [0.2, 0.25) is 0 Å². The number of thioether (sulfide) groups is 1. The van der Waals surface area contributed by atoms with E-state index in [0.29, 0.717) is 30.0 Å². The summed E-state index contributed by atoms with van der Waals surface area (Å²) >= 11 is 1.29. The highest BCUT2D eigenvalue weighted by molar-refractivity contribution is 8.00. The summed E-state index contributed by atoms with van der Waals surface area (Å²) in [6.07, 6.45) is 3.00. The van der Waals surface area contributed by atoms with E-state index in [9.17, 15) is 14.4 Å². The minimum absolute atomic E-state index is 0.00306. The molecule has 0 aliphatic carbocycles. The van der Waals surface area contributed by atoms with Crippen molar-refractivity contribution >= 4 is 23.5 Å². The SMILES string of the molecule is CC1(C)C[C@H](n2[nH]c(=O)c3c2NC(=O)CS[C@@H]3c2ccc[nH]c2=O)CCO1. The Morgan fingerprint density at radius 2 is 2.07 bits per heavy atom. The Balaban J connectivity index is 1.84. The van der Waals surface area contributed by atoms with E-state index in [1.807, 2.05) is 13.8 Å². The van der Waals surface area contributed by atoms with Gasteiger partial charge in [-0.3, -0.25) is 24.2 Å². The normalized spacial score (nSPS) is 24.7. The number of H-pyrrole nitrogens is 2. The fraction of sp³-hybridized carbons (Fsp3) is 0.500. The summed E-state index contributed by atoms with van der Waals surface area (Å²) in [5.74, 6) is 0.452. The maximum Gasteiger partial charge on any atom is 0.270 e. The monoisotopic (exact) mass is 390 g/mol. The average Bonchev–Trinajstić information content (AvgIpc) is 2.81. The minimum atomic E-state index is -0.512. The lowest BCUT2D eigenvalue weighted by Gasteiger charge is -2.36. The molecule has 144 valence electrons. The number of hydrogen-bond acceptors (Lipinski definition) is 5. The maximum atomic E-state index is 12.9. The third-order valence-electron chi connectivity index (χ3n) is 5.03. The lowest BCUT2D eigenvalue weighted by molar-refractivity contribution is -0.113. The minimum Gasteiger partial charge on any atom is -0.375 e. The smallest absolute Gasteiger partial charge is 0.270 e. The number of pyridine rings is 1. The van der Waals surface area contributed by atoms with Crippen molar-refractivity contribution in [3.8, 4) is 0 Å². The molecule has 27 heavy (non-hydrogen) atoms. The summed E-state index contributed by atoms with van der Waals surface area (Å²) in [4.78, 5) is 40.1. The quantitative estimate of drug-likeness (QED) is 0.724. The Bertz CT molecular complexity index is 990. The van der Waals surface area contributed by atoms with Crippen molar-refractivity contribution < 1.29 is 9.53 Å². The molecule has 4 heterocycles. The zero-order chi connectivity index (χ0) is 19.2. The molecule has 0 radical (unpaired) electrons. The van der Waals surface area contributed by atoms with Gasteiger partial charge in [0.25, 0.3) is 11.1 Å². The zero-order valence-corrected chi connectivity index (χ0v) is 16.0. The first-order valence-corrected chi connectivity index (χ1v) is 9.98. The Morgan fingerprint density at radius 1 is 1.26 bits per heavy atom. The number of hydrogen-bond donors (Lipinski definition) is 3. The molecule has 0 saturated carbocycles. The van der Waals surface area contributed by atoms with E-state index in [1.54, 1.807) is 23.0 Å². The summed E-state index contributed by atoms with van der Waals surface area (Å²) in [6.45, 7) is 4.61. The standard InChI is InChI=1S/C18H22N4O4S/c1-18(2)8-10(5-7-26-18)22-15-13(17(25)21-22)14(27-9-12(23)20-15)11-4-3-6-19-16(11)24/h3-4,6,10,14H,5,7-9H2,1-2H3,(H,19,24)(H,20,23)(H,21,25)/t10-,14-/m1/s1. The lowest BCUT2D eigenvalue weighted by Crippen LogP contribution is -2.36. The molecule has 0 aromatic carbocycles. The summed E-state index contributed by atoms with van der Waals surface area (Å²) in [6, 6.07) is 3.43. The van der Waals surface area contributed by atoms with E-state index in [0.717, 1.165) is 6.42 Å². The molecule has 4 rings (SSSR count). The van der Waals surface area contributed by atoms with Crippen LogP contribution in [0.25, 0.3) is 0 Å². The van der Waals surface area contributed by atoms with Crippen molar-refractivity contribution in [1.29, 1.82) is 0 Å². The fourth-order valence-electron chi connectivity index (χ4n) is 3.82. The Hall–Kier alpha value is -2.26. The lowest BCUT2D eigenvalue weighted by atomic mass is 9.94. The van der Waals surface area contributed by atoms with Crippen LogP contribution in [0.1, 0.15) is 49.1 Å². The van der Waals surface area contributed by atoms with E-state index in [1.165, 1.54) is 11.8 Å². The largest absolute Gasteiger partial charge is 0.375 e. The Labute approximate surface area is 159 Å². The van der Waals surface area contributed by atoms with Crippen LogP contribution in [0, 0.1) is 0 Å². The number of carbonyl (C=O) groups is 1. The highest BCUT2D eigenvalue weighted by Gasteiger charge is 2.36. The molecule has 1 fully saturated rings. The predicted octanol–water partition coefficient (Wildman–Crippen LogP) is 1.77. The number of fused-ring (bicyclic) bond motifs is 1. The van der Waals surface area contributed by atoms with E-state index in [2.05, 4.69) is 15.4 Å². The van der Waals surface area contributed by atoms with E-state index < -0.39 is 5.25 Å². The number of anilines is 1. The molecule has 0 bridgehead atoms. The van der Waals surface area contributed by atoms with E-state index >= 15 is 0 Å². The Morgan fingerprint density at radius 3 is 2.81 bits per heavy atom. The van der Waals surface area contributed by atoms with Gasteiger partial charge in [-0.25, -0.2) is 0 Å². The number of amides is 1. The summed E-state index contributed by atoms with van der Waals surface area (Å²) < 4.78 is 7.54. The van der Waals surface area contributed by atoms with Gasteiger partial charge < -0.3 is 15.0 Å². The van der Waals surface area contributed by atoms with Gasteiger partial charge in [0.1, 0.15) is 5.82 Å². The molecule has 0 unspecified atom stereocenters. The van der Waals surface area contributed by atoms with Gasteiger partial charge in [-0.2, -0.15) is 0 Å². The molecule has 0 spiro atoms. The highest BCUT2D eigenvalue weighted by atomic mass is 32.2. The van der Waals surface area contributed by atoms with Crippen molar-refractivity contribution in [2.75, 3.05) is 17.7 Å². The van der Waals surface area contributed by atoms with Gasteiger partial charge in [-0.15, -0.1) is 11.8 Å². The van der Waals surface area contributed by atoms with Gasteiger partial charge >= 0.3 is 0 Å². The van der Waals surface area contributed by atoms with Crippen LogP contribution in [-0.4, -0.2) is 38.6 Å². The van der Waals surface area contributed by atoms with Crippen molar-refractivity contribution in [2.45, 2.75) is 43.6 Å². The second-order valence-electron chi connectivity index (χ2n) is 7.52. The molecule has 2 aliphatic heterocycles. The van der Waals surface area contributed by atoms with Crippen LogP contribution in [0.3, 0.4) is 0 Å². The van der Waals surface area contributed by atoms with Gasteiger partial charge in [0.05, 0.1) is 28.2 Å². The molecule has 1 amide bonds. The average molecular weight is 390 g/mol. The Kier molecular flexibility index (Phi) is 4.51. The van der Waals surface area contributed by atoms with Crippen LogP contribution in [0.4, 0.5) is 5.82 Å². The van der Waals surface area contributed by atoms with Gasteiger partial charge in [-0.05, 0) is 32.8 Å². The van der Waals surface area contributed by atoms with Gasteiger partial charge in [0, 0.05) is 18.4 Å². The van der Waals surface area contributed by atoms with E-state index in [-0.39, 0.29) is 34.4 Å². The first-order chi connectivity index (χ1) is 12.9. The number of nitrogens with zero attached hydrogens (tertiary/aromatic N) is 1. The van der Waals surface area contributed by atoms with Crippen molar-refractivity contribution in [3.63, 3.8) is 0 Å². The predicted molar refractivity (Wildman–Crippen MR) is 103 cm³/mol. The van der Waals surface area contributed by atoms with Gasteiger partial charge in [0.2, 0.25) is 5.91 Å². The molecule has 3 N–H and O–H groups in total. The first-order valence-electron chi connectivity index (χ1n) is 8.93. The molecule has 1 saturated heterocycles. The molecule has 8 nitrogen and oxygen atoms in total. The summed E-state index contributed by atoms with van der Waals surface area (Å²) in [5, 5.41) is 5.26. The molecule has 2 aliphatic rings. The zero-order valence-electron chi connectivity index (χ0n) is 15.2. The third kappa shape index (κ3) is 3.37. The number of rotatable bonds is 2. The van der Waals surface area contributed by atoms with Gasteiger partial charge in [0.15, 0.2) is 0 Å². The van der Waals surface area contributed by atoms with Crippen molar-refractivity contribution in [3.05, 3.63) is 50.2 Å². The number of nitrogens with one attached hydrogen (secondary N) is 3. The van der Waals surface area contributed by atoms with E-state index in [4.69, 9.17) is 4.74 Å². The highest BCUT2D eigenvalue weighted by Crippen LogP contribution is 2.41. The van der Waals surface area contributed by atoms with Crippen LogP contribution in [0.5, 0.6) is 0 Å². The molecular formula is C18H22N4O4S. The van der Waals surface area contributed by atoms with Gasteiger partial charge in [-0.1, -0.05) is 6.07 Å². The summed E-state index contributed by atoms with van der Waals surface area (Å²) in [5.41, 5.74) is 0.0470. The molecule has 2 aromatic heterocycles. The summed E-state index contributed by atoms with van der Waals surface area (Å²) in [7, 11) is 0. The number of aromatic amines is 2. The van der Waals surface area contributed by atoms with Crippen LogP contribution in [-0.2, 0) is 9.53 Å². The van der Waals surface area contributed by atoms with Crippen LogP contribution >= 0.6 is 11.8 Å². The number of ether oxygens (including phenoxy) is 1. The molecule has 9 heteroatoms. The fourth-order valence-corrected chi connectivity index (χ4v) is 4.97. The number of aromatic nitrogens is 3. The topological polar surface area (TPSA) is 109 Å². The molecule has 2 atom stereocenters. The molecule has 2 aromatic rings. The second kappa shape index (κ2) is 6.72. The van der Waals surface area contributed by atoms with Crippen molar-refractivity contribution in [1.82, 2.24) is 14.8 Å². The third-order valence-corrected chi connectivity index (χ3v) is 6.28. The van der Waals surface area contributed by atoms with Crippen molar-refractivity contribution in [2.24, 2.45) is 0 Å². The van der Waals surface area contributed by atoms with Crippen LogP contribution in [0.15, 0.2) is 27.9 Å². The first kappa shape index (κ1) is 18.1. The molecular weight excluding hydrogens is 368 g/mol. The second-order valence-corrected chi connectivity index (χ2v) is 8.62.